The van der Waals surface area contributed by atoms with Crippen molar-refractivity contribution in [3.63, 3.8) is 0 Å². The second-order valence-electron chi connectivity index (χ2n) is 7.11. The van der Waals surface area contributed by atoms with Crippen molar-refractivity contribution in [1.29, 1.82) is 0 Å². The Labute approximate surface area is 170 Å². The Balaban J connectivity index is 1.53. The Morgan fingerprint density at radius 1 is 1.29 bits per heavy atom. The summed E-state index contributed by atoms with van der Waals surface area (Å²) in [5, 5.41) is 5.01. The summed E-state index contributed by atoms with van der Waals surface area (Å²) in [6, 6.07) is 8.00. The van der Waals surface area contributed by atoms with E-state index in [1.54, 1.807) is 29.2 Å². The molecule has 0 bridgehead atoms. The lowest BCUT2D eigenvalue weighted by molar-refractivity contribution is -0.137. The molecular weight excluding hydrogens is 405 g/mol. The van der Waals surface area contributed by atoms with Gasteiger partial charge in [-0.3, -0.25) is 4.79 Å². The van der Waals surface area contributed by atoms with Gasteiger partial charge in [0.05, 0.1) is 11.5 Å². The number of rotatable bonds is 4. The van der Waals surface area contributed by atoms with Gasteiger partial charge in [-0.2, -0.15) is 24.9 Å². The van der Waals surface area contributed by atoms with E-state index in [1.807, 2.05) is 17.5 Å². The molecule has 2 aliphatic rings. The number of carbonyl (C=O) groups excluding carboxylic acids is 1. The highest BCUT2D eigenvalue weighted by molar-refractivity contribution is 7.99. The minimum absolute atomic E-state index is 0.0322. The monoisotopic (exact) mass is 426 g/mol. The number of thiophene rings is 1. The van der Waals surface area contributed by atoms with Crippen LogP contribution in [0.5, 0.6) is 0 Å². The smallest absolute Gasteiger partial charge is 0.366 e. The summed E-state index contributed by atoms with van der Waals surface area (Å²) >= 11 is 3.46. The molecule has 0 saturated carbocycles. The van der Waals surface area contributed by atoms with Gasteiger partial charge >= 0.3 is 6.18 Å². The van der Waals surface area contributed by atoms with Gasteiger partial charge in [-0.05, 0) is 48.1 Å². The molecule has 2 unspecified atom stereocenters. The molecule has 3 heterocycles. The fourth-order valence-corrected chi connectivity index (χ4v) is 5.85. The van der Waals surface area contributed by atoms with Gasteiger partial charge in [0.15, 0.2) is 0 Å². The third kappa shape index (κ3) is 4.03. The first-order chi connectivity index (χ1) is 13.4. The van der Waals surface area contributed by atoms with Gasteiger partial charge < -0.3 is 10.2 Å². The fourth-order valence-electron chi connectivity index (χ4n) is 4.00. The molecule has 4 rings (SSSR count). The first kappa shape index (κ1) is 19.6. The molecule has 2 aliphatic heterocycles. The second kappa shape index (κ2) is 7.99. The standard InChI is InChI=1S/C20H21F3N2OS2/c21-20(22,23)14-3-4-17-13(10-14)11-16(18-12-27-9-7-25(17)18)19(26)24-6-5-15-2-1-8-28-15/h1-4,8,10,16,18H,5-7,9,11-12H2,(H,24,26). The Kier molecular flexibility index (Phi) is 5.60. The number of nitrogens with one attached hydrogen (secondary N) is 1. The Morgan fingerprint density at radius 3 is 2.89 bits per heavy atom. The number of hydrogen-bond donors (Lipinski definition) is 1. The minimum atomic E-state index is -4.37. The molecule has 1 aromatic heterocycles. The Morgan fingerprint density at radius 2 is 2.14 bits per heavy atom. The van der Waals surface area contributed by atoms with Gasteiger partial charge in [-0.25, -0.2) is 0 Å². The molecule has 150 valence electrons. The van der Waals surface area contributed by atoms with Gasteiger partial charge in [-0.1, -0.05) is 6.07 Å². The van der Waals surface area contributed by atoms with Crippen LogP contribution in [-0.4, -0.2) is 36.5 Å². The summed E-state index contributed by atoms with van der Waals surface area (Å²) in [5.41, 5.74) is 0.824. The molecule has 1 amide bonds. The van der Waals surface area contributed by atoms with Gasteiger partial charge in [-0.15, -0.1) is 11.3 Å². The molecule has 0 aliphatic carbocycles. The Hall–Kier alpha value is -1.67. The number of carbonyl (C=O) groups is 1. The molecule has 8 heteroatoms. The molecule has 2 aromatic rings. The Bertz CT molecular complexity index is 838. The van der Waals surface area contributed by atoms with Crippen LogP contribution in [0.1, 0.15) is 16.0 Å². The lowest BCUT2D eigenvalue weighted by Crippen LogP contribution is -2.55. The van der Waals surface area contributed by atoms with Gasteiger partial charge in [0.25, 0.3) is 0 Å². The van der Waals surface area contributed by atoms with E-state index in [1.165, 1.54) is 10.9 Å². The number of nitrogens with zero attached hydrogens (tertiary/aromatic N) is 1. The van der Waals surface area contributed by atoms with E-state index in [9.17, 15) is 18.0 Å². The number of fused-ring (bicyclic) bond motifs is 3. The van der Waals surface area contributed by atoms with E-state index >= 15 is 0 Å². The summed E-state index contributed by atoms with van der Waals surface area (Å²) in [5.74, 6) is 1.36. The third-order valence-electron chi connectivity index (χ3n) is 5.37. The molecule has 0 radical (unpaired) electrons. The van der Waals surface area contributed by atoms with Crippen molar-refractivity contribution < 1.29 is 18.0 Å². The number of alkyl halides is 3. The maximum Gasteiger partial charge on any atom is 0.416 e. The van der Waals surface area contributed by atoms with E-state index in [2.05, 4.69) is 10.2 Å². The highest BCUT2D eigenvalue weighted by Crippen LogP contribution is 2.40. The van der Waals surface area contributed by atoms with Crippen LogP contribution in [0.4, 0.5) is 18.9 Å². The largest absolute Gasteiger partial charge is 0.416 e. The molecule has 0 spiro atoms. The van der Waals surface area contributed by atoms with E-state index in [0.29, 0.717) is 18.5 Å². The number of amides is 1. The predicted octanol–water partition coefficient (Wildman–Crippen LogP) is 4.22. The number of hydrogen-bond acceptors (Lipinski definition) is 4. The van der Waals surface area contributed by atoms with Crippen LogP contribution >= 0.6 is 23.1 Å². The van der Waals surface area contributed by atoms with E-state index in [0.717, 1.165) is 36.2 Å². The quantitative estimate of drug-likeness (QED) is 0.795. The minimum Gasteiger partial charge on any atom is -0.366 e. The summed E-state index contributed by atoms with van der Waals surface area (Å²) in [4.78, 5) is 16.3. The molecule has 1 fully saturated rings. The van der Waals surface area contributed by atoms with Gasteiger partial charge in [0.1, 0.15) is 0 Å². The fraction of sp³-hybridized carbons (Fsp3) is 0.450. The van der Waals surface area contributed by atoms with Gasteiger partial charge in [0.2, 0.25) is 5.91 Å². The van der Waals surface area contributed by atoms with Crippen LogP contribution in [0.15, 0.2) is 35.7 Å². The number of anilines is 1. The van der Waals surface area contributed by atoms with Crippen LogP contribution in [0.2, 0.25) is 0 Å². The van der Waals surface area contributed by atoms with Crippen LogP contribution < -0.4 is 10.2 Å². The van der Waals surface area contributed by atoms with E-state index < -0.39 is 11.7 Å². The van der Waals surface area contributed by atoms with E-state index in [-0.39, 0.29) is 17.9 Å². The zero-order valence-corrected chi connectivity index (χ0v) is 16.8. The van der Waals surface area contributed by atoms with Crippen LogP contribution in [0.25, 0.3) is 0 Å². The molecule has 1 N–H and O–H groups in total. The van der Waals surface area contributed by atoms with Crippen molar-refractivity contribution in [3.8, 4) is 0 Å². The first-order valence-electron chi connectivity index (χ1n) is 9.28. The van der Waals surface area contributed by atoms with Crippen molar-refractivity contribution >= 4 is 34.7 Å². The molecule has 3 nitrogen and oxygen atoms in total. The van der Waals surface area contributed by atoms with Crippen LogP contribution in [-0.2, 0) is 23.8 Å². The zero-order chi connectivity index (χ0) is 19.7. The number of benzene rings is 1. The van der Waals surface area contributed by atoms with Crippen molar-refractivity contribution in [1.82, 2.24) is 5.32 Å². The maximum atomic E-state index is 13.2. The lowest BCUT2D eigenvalue weighted by atomic mass is 9.84. The van der Waals surface area contributed by atoms with E-state index in [4.69, 9.17) is 0 Å². The highest BCUT2D eigenvalue weighted by Gasteiger charge is 2.41. The summed E-state index contributed by atoms with van der Waals surface area (Å²) in [7, 11) is 0. The predicted molar refractivity (Wildman–Crippen MR) is 108 cm³/mol. The molecule has 1 saturated heterocycles. The number of thioether (sulfide) groups is 1. The molecule has 1 aromatic carbocycles. The molecule has 2 atom stereocenters. The second-order valence-corrected chi connectivity index (χ2v) is 9.29. The SMILES string of the molecule is O=C(NCCc1cccs1)C1Cc2cc(C(F)(F)F)ccc2N2CCSCC12. The van der Waals surface area contributed by atoms with Crippen molar-refractivity contribution in [2.24, 2.45) is 5.92 Å². The number of halogens is 3. The van der Waals surface area contributed by atoms with Crippen molar-refractivity contribution in [2.75, 3.05) is 29.5 Å². The highest BCUT2D eigenvalue weighted by atomic mass is 32.2. The topological polar surface area (TPSA) is 32.3 Å². The third-order valence-corrected chi connectivity index (χ3v) is 7.36. The molecular formula is C20H21F3N2OS2. The van der Waals surface area contributed by atoms with Crippen LogP contribution in [0, 0.1) is 5.92 Å². The zero-order valence-electron chi connectivity index (χ0n) is 15.2. The first-order valence-corrected chi connectivity index (χ1v) is 11.3. The normalized spacial score (nSPS) is 21.8. The maximum absolute atomic E-state index is 13.2. The average Bonchev–Trinajstić information content (AvgIpc) is 3.19. The molecule has 28 heavy (non-hydrogen) atoms. The van der Waals surface area contributed by atoms with Crippen molar-refractivity contribution in [3.05, 3.63) is 51.7 Å². The van der Waals surface area contributed by atoms with Crippen LogP contribution in [0.3, 0.4) is 0 Å². The summed E-state index contributed by atoms with van der Waals surface area (Å²) in [6.45, 7) is 1.30. The van der Waals surface area contributed by atoms with Crippen molar-refractivity contribution in [2.45, 2.75) is 25.1 Å². The summed E-state index contributed by atoms with van der Waals surface area (Å²) < 4.78 is 39.5. The van der Waals surface area contributed by atoms with Gasteiger partial charge in [0, 0.05) is 41.2 Å². The lowest BCUT2D eigenvalue weighted by Gasteiger charge is -2.45. The average molecular weight is 427 g/mol. The summed E-state index contributed by atoms with van der Waals surface area (Å²) in [6.07, 6.45) is -3.25.